The second-order valence-corrected chi connectivity index (χ2v) is 3.93. The fourth-order valence-electron chi connectivity index (χ4n) is 0.972. The fourth-order valence-corrected chi connectivity index (χ4v) is 1.40. The van der Waals surface area contributed by atoms with E-state index in [1.54, 1.807) is 0 Å². The van der Waals surface area contributed by atoms with Gasteiger partial charge < -0.3 is 0 Å². The molecule has 0 nitrogen and oxygen atoms in total. The number of halogens is 2. The molecular formula is C11H10BrCl. The maximum Gasteiger partial charge on any atom is 0.0409 e. The number of rotatable bonds is 1. The van der Waals surface area contributed by atoms with Crippen LogP contribution in [0, 0.1) is 18.8 Å². The molecule has 13 heavy (non-hydrogen) atoms. The van der Waals surface area contributed by atoms with Gasteiger partial charge in [-0.2, -0.15) is 0 Å². The van der Waals surface area contributed by atoms with Crippen molar-refractivity contribution >= 4 is 27.5 Å². The van der Waals surface area contributed by atoms with Crippen molar-refractivity contribution in [2.45, 2.75) is 13.3 Å². The first-order valence-corrected chi connectivity index (χ1v) is 5.55. The van der Waals surface area contributed by atoms with E-state index in [2.05, 4.69) is 27.8 Å². The lowest BCUT2D eigenvalue weighted by molar-refractivity contribution is 1.31. The van der Waals surface area contributed by atoms with Crippen LogP contribution in [0.4, 0.5) is 0 Å². The zero-order valence-electron chi connectivity index (χ0n) is 7.40. The van der Waals surface area contributed by atoms with Gasteiger partial charge in [-0.3, -0.25) is 0 Å². The van der Waals surface area contributed by atoms with Crippen LogP contribution in [-0.4, -0.2) is 5.33 Å². The minimum Gasteiger partial charge on any atom is -0.0970 e. The molecule has 1 aromatic rings. The molecule has 0 aliphatic rings. The van der Waals surface area contributed by atoms with E-state index in [0.717, 1.165) is 27.9 Å². The van der Waals surface area contributed by atoms with E-state index in [9.17, 15) is 0 Å². The molecule has 0 aromatic heterocycles. The Morgan fingerprint density at radius 1 is 1.46 bits per heavy atom. The normalized spacial score (nSPS) is 9.15. The van der Waals surface area contributed by atoms with Crippen molar-refractivity contribution in [2.24, 2.45) is 0 Å². The third kappa shape index (κ3) is 3.42. The SMILES string of the molecule is Cc1cc(Cl)ccc1C#CCCBr. The summed E-state index contributed by atoms with van der Waals surface area (Å²) in [5, 5.41) is 1.69. The van der Waals surface area contributed by atoms with Crippen molar-refractivity contribution in [3.8, 4) is 11.8 Å². The lowest BCUT2D eigenvalue weighted by Crippen LogP contribution is -1.81. The van der Waals surface area contributed by atoms with Gasteiger partial charge in [0, 0.05) is 22.3 Å². The van der Waals surface area contributed by atoms with Gasteiger partial charge in [-0.25, -0.2) is 0 Å². The molecule has 0 atom stereocenters. The third-order valence-electron chi connectivity index (χ3n) is 1.63. The van der Waals surface area contributed by atoms with Crippen molar-refractivity contribution in [1.82, 2.24) is 0 Å². The molecule has 1 rings (SSSR count). The molecule has 0 radical (unpaired) electrons. The molecule has 0 saturated carbocycles. The predicted molar refractivity (Wildman–Crippen MR) is 61.5 cm³/mol. The van der Waals surface area contributed by atoms with Crippen LogP contribution in [0.5, 0.6) is 0 Å². The van der Waals surface area contributed by atoms with E-state index >= 15 is 0 Å². The number of hydrogen-bond donors (Lipinski definition) is 0. The summed E-state index contributed by atoms with van der Waals surface area (Å²) in [6.07, 6.45) is 0.877. The zero-order valence-corrected chi connectivity index (χ0v) is 9.74. The Morgan fingerprint density at radius 3 is 2.85 bits per heavy atom. The summed E-state index contributed by atoms with van der Waals surface area (Å²) in [7, 11) is 0. The highest BCUT2D eigenvalue weighted by atomic mass is 79.9. The molecule has 0 spiro atoms. The Bertz CT molecular complexity index is 347. The summed E-state index contributed by atoms with van der Waals surface area (Å²) in [4.78, 5) is 0. The fraction of sp³-hybridized carbons (Fsp3) is 0.273. The second kappa shape index (κ2) is 5.32. The van der Waals surface area contributed by atoms with Crippen molar-refractivity contribution in [1.29, 1.82) is 0 Å². The van der Waals surface area contributed by atoms with E-state index in [0.29, 0.717) is 0 Å². The number of benzene rings is 1. The van der Waals surface area contributed by atoms with Crippen molar-refractivity contribution in [3.63, 3.8) is 0 Å². The van der Waals surface area contributed by atoms with Gasteiger partial charge in [-0.1, -0.05) is 39.4 Å². The summed E-state index contributed by atoms with van der Waals surface area (Å²) in [5.74, 6) is 6.17. The summed E-state index contributed by atoms with van der Waals surface area (Å²) in [6, 6.07) is 5.76. The standard InChI is InChI=1S/C11H10BrCl/c1-9-8-11(13)6-5-10(9)4-2-3-7-12/h5-6,8H,3,7H2,1H3. The van der Waals surface area contributed by atoms with Gasteiger partial charge in [0.05, 0.1) is 0 Å². The summed E-state index contributed by atoms with van der Waals surface area (Å²) >= 11 is 9.15. The van der Waals surface area contributed by atoms with Crippen molar-refractivity contribution in [2.75, 3.05) is 5.33 Å². The molecule has 0 aliphatic heterocycles. The van der Waals surface area contributed by atoms with Crippen molar-refractivity contribution in [3.05, 3.63) is 34.3 Å². The molecular weight excluding hydrogens is 247 g/mol. The first-order chi connectivity index (χ1) is 6.24. The summed E-state index contributed by atoms with van der Waals surface area (Å²) < 4.78 is 0. The molecule has 68 valence electrons. The molecule has 0 aliphatic carbocycles. The highest BCUT2D eigenvalue weighted by molar-refractivity contribution is 9.09. The Labute approximate surface area is 92.4 Å². The molecule has 1 aromatic carbocycles. The molecule has 0 unspecified atom stereocenters. The van der Waals surface area contributed by atoms with Gasteiger partial charge in [-0.15, -0.1) is 0 Å². The van der Waals surface area contributed by atoms with Gasteiger partial charge >= 0.3 is 0 Å². The number of hydrogen-bond acceptors (Lipinski definition) is 0. The monoisotopic (exact) mass is 256 g/mol. The van der Waals surface area contributed by atoms with E-state index in [4.69, 9.17) is 11.6 Å². The first kappa shape index (κ1) is 10.6. The van der Waals surface area contributed by atoms with Crippen molar-refractivity contribution < 1.29 is 0 Å². The van der Waals surface area contributed by atoms with Gasteiger partial charge in [-0.05, 0) is 30.7 Å². The maximum absolute atomic E-state index is 5.82. The minimum absolute atomic E-state index is 0.767. The molecule has 0 fully saturated rings. The largest absolute Gasteiger partial charge is 0.0970 e. The lowest BCUT2D eigenvalue weighted by atomic mass is 10.1. The van der Waals surface area contributed by atoms with Gasteiger partial charge in [0.2, 0.25) is 0 Å². The quantitative estimate of drug-likeness (QED) is 0.530. The van der Waals surface area contributed by atoms with Gasteiger partial charge in [0.15, 0.2) is 0 Å². The first-order valence-electron chi connectivity index (χ1n) is 4.05. The molecule has 0 saturated heterocycles. The Hall–Kier alpha value is -0.450. The molecule has 0 heterocycles. The van der Waals surface area contributed by atoms with Gasteiger partial charge in [0.1, 0.15) is 0 Å². The minimum atomic E-state index is 0.767. The average molecular weight is 258 g/mol. The van der Waals surface area contributed by atoms with Crippen LogP contribution in [0.25, 0.3) is 0 Å². The Morgan fingerprint density at radius 2 is 2.23 bits per heavy atom. The smallest absolute Gasteiger partial charge is 0.0409 e. The third-order valence-corrected chi connectivity index (χ3v) is 2.26. The molecule has 2 heteroatoms. The van der Waals surface area contributed by atoms with Crippen LogP contribution in [0.15, 0.2) is 18.2 Å². The van der Waals surface area contributed by atoms with E-state index in [1.165, 1.54) is 0 Å². The summed E-state index contributed by atoms with van der Waals surface area (Å²) in [6.45, 7) is 2.02. The van der Waals surface area contributed by atoms with E-state index in [-0.39, 0.29) is 0 Å². The average Bonchev–Trinajstić information content (AvgIpc) is 2.09. The topological polar surface area (TPSA) is 0 Å². The highest BCUT2D eigenvalue weighted by Gasteiger charge is 1.94. The molecule has 0 amide bonds. The summed E-state index contributed by atoms with van der Waals surface area (Å²) in [5.41, 5.74) is 2.19. The van der Waals surface area contributed by atoms with Crippen LogP contribution in [0.1, 0.15) is 17.5 Å². The maximum atomic E-state index is 5.82. The van der Waals surface area contributed by atoms with Crippen LogP contribution < -0.4 is 0 Å². The second-order valence-electron chi connectivity index (χ2n) is 2.70. The van der Waals surface area contributed by atoms with E-state index < -0.39 is 0 Å². The molecule has 0 bridgehead atoms. The zero-order chi connectivity index (χ0) is 9.68. The molecule has 0 N–H and O–H groups in total. The van der Waals surface area contributed by atoms with Crippen LogP contribution in [0.2, 0.25) is 5.02 Å². The van der Waals surface area contributed by atoms with Crippen LogP contribution in [0.3, 0.4) is 0 Å². The number of aryl methyl sites for hydroxylation is 1. The van der Waals surface area contributed by atoms with Crippen LogP contribution >= 0.6 is 27.5 Å². The Balaban J connectivity index is 2.85. The predicted octanol–water partition coefficient (Wildman–Crippen LogP) is 3.78. The Kier molecular flexibility index (Phi) is 4.35. The van der Waals surface area contributed by atoms with E-state index in [1.807, 2.05) is 25.1 Å². The highest BCUT2D eigenvalue weighted by Crippen LogP contribution is 2.13. The van der Waals surface area contributed by atoms with Crippen LogP contribution in [-0.2, 0) is 0 Å². The number of alkyl halides is 1. The lowest BCUT2D eigenvalue weighted by Gasteiger charge is -1.97. The van der Waals surface area contributed by atoms with Gasteiger partial charge in [0.25, 0.3) is 0 Å².